The molecule has 0 bridgehead atoms. The van der Waals surface area contributed by atoms with E-state index in [9.17, 15) is 13.6 Å². The zero-order chi connectivity index (χ0) is 74.3. The standard InChI is InChI=1S/C50H32N4O.C26H20N2.C11H6F2N.C6H5NO2.B2.Ir/c1-5-15-33(16-6-1)43-31-45(53-49(51-43)35-19-9-3-10-20-35)39-27-38(37-25-26-48-42(30-37)41-23-13-14-24-47(41)55-48)28-40(29-39)46-32-44(34-17-7-2-8-18-34)52-50(54-46)36-21-11-4-12-22-36;1-17-15-23(19-9-5-3-6-10-19)21-13-14-22-24(20-11-7-4-8-12-20)16-18(2)28-26(22)25(21)27-17;12-8-4-5-9(10(13)7-8)11-3-1-2-6-14-11;8-6(9)5-3-1-2-4-7-5;1-2;/h1-32H;3-16H,1-2H3;1-4,6-7H;1-4H,(H,8,9);;/q;;-1;;;. The third-order valence-corrected chi connectivity index (χ3v) is 17.7. The molecule has 0 unspecified atom stereocenters. The first-order valence-corrected chi connectivity index (χ1v) is 34.7. The van der Waals surface area contributed by atoms with Gasteiger partial charge in [-0.15, -0.1) is 12.1 Å². The maximum atomic E-state index is 13.2. The molecule has 0 spiro atoms. The fourth-order valence-electron chi connectivity index (χ4n) is 12.7. The van der Waals surface area contributed by atoms with Crippen LogP contribution in [0.4, 0.5) is 8.78 Å². The van der Waals surface area contributed by atoms with Crippen molar-refractivity contribution in [3.05, 3.63) is 375 Å². The molecule has 16 heteroatoms. The molecule has 0 amide bonds. The number of benzene rings is 11. The number of carboxylic acid groups (broad SMARTS) is 1. The number of aromatic nitrogens is 8. The second-order valence-electron chi connectivity index (χ2n) is 25.0. The van der Waals surface area contributed by atoms with Crippen molar-refractivity contribution in [3.63, 3.8) is 0 Å². The second-order valence-corrected chi connectivity index (χ2v) is 25.0. The minimum Gasteiger partial charge on any atom is -0.477 e. The van der Waals surface area contributed by atoms with Gasteiger partial charge in [0.05, 0.1) is 33.8 Å². The van der Waals surface area contributed by atoms with E-state index >= 15 is 0 Å². The zero-order valence-corrected chi connectivity index (χ0v) is 61.3. The van der Waals surface area contributed by atoms with Crippen molar-refractivity contribution >= 4 is 65.2 Å². The summed E-state index contributed by atoms with van der Waals surface area (Å²) in [5, 5.41) is 12.8. The Morgan fingerprint density at radius 2 is 0.771 bits per heavy atom. The van der Waals surface area contributed by atoms with E-state index in [-0.39, 0.29) is 31.4 Å². The van der Waals surface area contributed by atoms with Gasteiger partial charge in [0, 0.05) is 126 Å². The van der Waals surface area contributed by atoms with Crippen LogP contribution in [0.3, 0.4) is 0 Å². The van der Waals surface area contributed by atoms with E-state index in [4.69, 9.17) is 39.4 Å². The molecule has 0 aliphatic heterocycles. The number of furan rings is 1. The topological polar surface area (TPSA) is 154 Å². The van der Waals surface area contributed by atoms with Gasteiger partial charge in [-0.1, -0.05) is 248 Å². The Hall–Kier alpha value is -13.4. The molecule has 11 aromatic carbocycles. The number of halogens is 2. The summed E-state index contributed by atoms with van der Waals surface area (Å²) in [4.78, 5) is 48.0. The molecule has 7 aromatic heterocycles. The number of rotatable bonds is 11. The Morgan fingerprint density at radius 1 is 0.358 bits per heavy atom. The number of hydrogen-bond acceptors (Lipinski definition) is 10. The van der Waals surface area contributed by atoms with Gasteiger partial charge in [-0.3, -0.25) is 18.7 Å². The minimum absolute atomic E-state index is 0. The van der Waals surface area contributed by atoms with E-state index in [1.165, 1.54) is 34.5 Å². The molecule has 0 saturated carbocycles. The van der Waals surface area contributed by atoms with Gasteiger partial charge in [0.15, 0.2) is 11.6 Å². The molecule has 7 heterocycles. The van der Waals surface area contributed by atoms with Crippen LogP contribution >= 0.6 is 0 Å². The number of carbonyl (C=O) groups is 1. The number of nitrogens with zero attached hydrogens (tertiary/aromatic N) is 8. The van der Waals surface area contributed by atoms with Crippen LogP contribution in [-0.4, -0.2) is 66.4 Å². The van der Waals surface area contributed by atoms with Crippen molar-refractivity contribution in [2.24, 2.45) is 0 Å². The minimum atomic E-state index is -0.990. The molecule has 5 radical (unpaired) electrons. The van der Waals surface area contributed by atoms with Crippen LogP contribution in [0.2, 0.25) is 0 Å². The SMILES string of the molecule is Cc1cc(-c2ccccc2)c2ccc3c(-c4ccccc4)cc(C)nc3c2n1.Fc1c[c-]c(-c2ccccn2)c(F)c1.O=C(O)c1ccccn1.[B][B].[Ir].c1ccc(-c2cc(-c3cc(-c4ccc5oc6ccccc6c5c4)cc(-c4cc(-c5ccccc5)nc(-c5ccccc5)n4)c3)nc(-c3ccccc3)n2)cc1. The number of hydrogen-bond donors (Lipinski definition) is 1. The van der Waals surface area contributed by atoms with Crippen LogP contribution < -0.4 is 0 Å². The van der Waals surface area contributed by atoms with Gasteiger partial charge in [0.25, 0.3) is 0 Å². The van der Waals surface area contributed by atoms with Gasteiger partial charge >= 0.3 is 5.97 Å². The van der Waals surface area contributed by atoms with Crippen LogP contribution in [-0.2, 0) is 20.1 Å². The van der Waals surface area contributed by atoms with Crippen molar-refractivity contribution in [1.82, 2.24) is 39.9 Å². The number of para-hydroxylation sites is 1. The normalized spacial score (nSPS) is 10.6. The molecule has 18 rings (SSSR count). The van der Waals surface area contributed by atoms with E-state index in [1.54, 1.807) is 36.5 Å². The summed E-state index contributed by atoms with van der Waals surface area (Å²) < 4.78 is 32.0. The first-order valence-electron chi connectivity index (χ1n) is 34.7. The Balaban J connectivity index is 0.000000159. The Labute approximate surface area is 645 Å². The van der Waals surface area contributed by atoms with Crippen molar-refractivity contribution < 1.29 is 43.2 Å². The summed E-state index contributed by atoms with van der Waals surface area (Å²) in [7, 11) is 8.00. The maximum absolute atomic E-state index is 13.2. The fraction of sp³-hybridized carbons (Fsp3) is 0.0215. The average molecular weight is 1590 g/mol. The number of pyridine rings is 4. The average Bonchev–Trinajstić information content (AvgIpc) is 1.11. The van der Waals surface area contributed by atoms with E-state index in [0.29, 0.717) is 17.3 Å². The first-order chi connectivity index (χ1) is 53.0. The molecule has 0 aliphatic carbocycles. The third kappa shape index (κ3) is 17.3. The van der Waals surface area contributed by atoms with E-state index in [2.05, 4.69) is 227 Å². The summed E-state index contributed by atoms with van der Waals surface area (Å²) in [6.45, 7) is 4.11. The van der Waals surface area contributed by atoms with Crippen molar-refractivity contribution in [2.75, 3.05) is 0 Å². The van der Waals surface area contributed by atoms with Crippen LogP contribution in [0, 0.1) is 31.5 Å². The maximum Gasteiger partial charge on any atom is 0.354 e. The monoisotopic (exact) mass is 1590 g/mol. The molecule has 0 atom stereocenters. The molecule has 109 heavy (non-hydrogen) atoms. The van der Waals surface area contributed by atoms with Gasteiger partial charge in [-0.2, -0.15) is 0 Å². The summed E-state index contributed by atoms with van der Waals surface area (Å²) in [5.41, 5.74) is 22.4. The van der Waals surface area contributed by atoms with Gasteiger partial charge in [0.1, 0.15) is 16.9 Å². The third-order valence-electron chi connectivity index (χ3n) is 17.7. The first kappa shape index (κ1) is 73.9. The van der Waals surface area contributed by atoms with E-state index in [1.807, 2.05) is 97.1 Å². The summed E-state index contributed by atoms with van der Waals surface area (Å²) >= 11 is 0. The number of carboxylic acids is 1. The molecule has 0 aliphatic rings. The van der Waals surface area contributed by atoms with Crippen molar-refractivity contribution in [2.45, 2.75) is 13.8 Å². The second kappa shape index (κ2) is 34.7. The molecule has 1 N–H and O–H groups in total. The summed E-state index contributed by atoms with van der Waals surface area (Å²) in [6.07, 6.45) is 3.00. The van der Waals surface area contributed by atoms with Crippen LogP contribution in [0.15, 0.2) is 344 Å². The number of fused-ring (bicyclic) bond motifs is 6. The van der Waals surface area contributed by atoms with Crippen molar-refractivity contribution in [3.8, 4) is 112 Å². The molecular weight excluding hydrogens is 1530 g/mol. The fourth-order valence-corrected chi connectivity index (χ4v) is 12.7. The zero-order valence-electron chi connectivity index (χ0n) is 58.9. The molecule has 18 aromatic rings. The Kier molecular flexibility index (Phi) is 23.5. The van der Waals surface area contributed by atoms with E-state index < -0.39 is 17.6 Å². The predicted molar refractivity (Wildman–Crippen MR) is 431 cm³/mol. The molecule has 0 saturated heterocycles. The van der Waals surface area contributed by atoms with Crippen LogP contribution in [0.5, 0.6) is 0 Å². The molecular formula is C93H63B2F2IrN8O3-. The van der Waals surface area contributed by atoms with Gasteiger partial charge in [0.2, 0.25) is 0 Å². The van der Waals surface area contributed by atoms with Gasteiger partial charge < -0.3 is 14.5 Å². The summed E-state index contributed by atoms with van der Waals surface area (Å²) in [5.74, 6) is -0.952. The van der Waals surface area contributed by atoms with Crippen LogP contribution in [0.25, 0.3) is 156 Å². The Morgan fingerprint density at radius 3 is 1.21 bits per heavy atom. The predicted octanol–water partition coefficient (Wildman–Crippen LogP) is 22.4. The largest absolute Gasteiger partial charge is 0.477 e. The molecule has 11 nitrogen and oxygen atoms in total. The van der Waals surface area contributed by atoms with Gasteiger partial charge in [-0.05, 0) is 132 Å². The summed E-state index contributed by atoms with van der Waals surface area (Å²) in [6, 6.07) is 110. The quantitative estimate of drug-likeness (QED) is 0.0748. The Bertz CT molecular complexity index is 5800. The van der Waals surface area contributed by atoms with E-state index in [0.717, 1.165) is 135 Å². The van der Waals surface area contributed by atoms with Crippen molar-refractivity contribution in [1.29, 1.82) is 0 Å². The number of aromatic carboxylic acids is 1. The van der Waals surface area contributed by atoms with Gasteiger partial charge in [-0.25, -0.2) is 29.7 Å². The van der Waals surface area contributed by atoms with Crippen LogP contribution in [0.1, 0.15) is 21.9 Å². The number of aryl methyl sites for hydroxylation is 2. The smallest absolute Gasteiger partial charge is 0.354 e. The molecule has 523 valence electrons. The molecule has 0 fully saturated rings.